The van der Waals surface area contributed by atoms with E-state index in [-0.39, 0.29) is 23.5 Å². The second-order valence-corrected chi connectivity index (χ2v) is 8.52. The molecule has 4 rings (SSSR count). The molecule has 1 aromatic heterocycles. The summed E-state index contributed by atoms with van der Waals surface area (Å²) in [6.07, 6.45) is 2.69. The minimum atomic E-state index is -0.568. The highest BCUT2D eigenvalue weighted by atomic mass is 19.1. The van der Waals surface area contributed by atoms with Crippen LogP contribution in [0, 0.1) is 26.0 Å². The molecule has 204 valence electrons. The number of nitro benzene ring substituents is 2. The molecule has 0 atom stereocenters. The lowest BCUT2D eigenvalue weighted by atomic mass is 10.0. The predicted octanol–water partition coefficient (Wildman–Crippen LogP) is 4.70. The summed E-state index contributed by atoms with van der Waals surface area (Å²) in [7, 11) is 1.82. The van der Waals surface area contributed by atoms with Crippen molar-refractivity contribution in [2.24, 2.45) is 10.7 Å². The summed E-state index contributed by atoms with van der Waals surface area (Å²) in [5.74, 6) is -0.0927. The summed E-state index contributed by atoms with van der Waals surface area (Å²) in [6, 6.07) is 15.1. The number of hydrogen-bond acceptors (Lipinski definition) is 8. The van der Waals surface area contributed by atoms with Crippen LogP contribution in [0.2, 0.25) is 0 Å². The number of halogens is 1. The van der Waals surface area contributed by atoms with E-state index < -0.39 is 15.7 Å². The van der Waals surface area contributed by atoms with Gasteiger partial charge in [-0.3, -0.25) is 25.2 Å². The van der Waals surface area contributed by atoms with Gasteiger partial charge in [0.25, 0.3) is 11.4 Å². The van der Waals surface area contributed by atoms with Gasteiger partial charge in [-0.1, -0.05) is 13.0 Å². The fraction of sp³-hybridized carbons (Fsp3) is 0.259. The van der Waals surface area contributed by atoms with E-state index >= 15 is 0 Å². The van der Waals surface area contributed by atoms with Crippen LogP contribution in [-0.2, 0) is 6.54 Å². The Morgan fingerprint density at radius 3 is 2.28 bits per heavy atom. The van der Waals surface area contributed by atoms with E-state index in [0.29, 0.717) is 29.9 Å². The molecule has 0 aliphatic rings. The first kappa shape index (κ1) is 29.0. The number of rotatable bonds is 10. The molecule has 0 bridgehead atoms. The van der Waals surface area contributed by atoms with Crippen molar-refractivity contribution < 1.29 is 14.2 Å². The first-order valence-electron chi connectivity index (χ1n) is 12.3. The first-order chi connectivity index (χ1) is 18.8. The number of nitro groups is 2. The quantitative estimate of drug-likeness (QED) is 0.129. The van der Waals surface area contributed by atoms with Crippen LogP contribution in [0.5, 0.6) is 0 Å². The van der Waals surface area contributed by atoms with E-state index in [1.165, 1.54) is 18.2 Å². The summed E-state index contributed by atoms with van der Waals surface area (Å²) < 4.78 is 16.3. The lowest BCUT2D eigenvalue weighted by Crippen LogP contribution is -2.11. The standard InChI is InChI=1S/C24H21FN6O4.C3H9N/c1-26-10-11-27-14-24-28-22-9-4-17(16-2-5-19(6-3-16)30(32)33)13-23(22)29(24)15-18-12-20(31(34)35)7-8-21(18)25;1-2-3-4/h2-9,12-14,26H,10-11,15H2,1H3;2-4H2,1H3. The van der Waals surface area contributed by atoms with E-state index in [0.717, 1.165) is 36.2 Å². The number of benzene rings is 3. The maximum absolute atomic E-state index is 14.6. The third-order valence-electron chi connectivity index (χ3n) is 5.74. The van der Waals surface area contributed by atoms with Crippen molar-refractivity contribution in [3.8, 4) is 11.1 Å². The largest absolute Gasteiger partial charge is 0.330 e. The Balaban J connectivity index is 0.000000983. The summed E-state index contributed by atoms with van der Waals surface area (Å²) >= 11 is 0. The van der Waals surface area contributed by atoms with Gasteiger partial charge < -0.3 is 15.6 Å². The summed E-state index contributed by atoms with van der Waals surface area (Å²) in [4.78, 5) is 30.1. The van der Waals surface area contributed by atoms with Gasteiger partial charge in [0.05, 0.1) is 40.2 Å². The lowest BCUT2D eigenvalue weighted by molar-refractivity contribution is -0.385. The summed E-state index contributed by atoms with van der Waals surface area (Å²) in [5, 5.41) is 25.2. The first-order valence-corrected chi connectivity index (χ1v) is 12.3. The smallest absolute Gasteiger partial charge is 0.269 e. The Labute approximate surface area is 224 Å². The van der Waals surface area contributed by atoms with Crippen molar-refractivity contribution in [2.75, 3.05) is 26.7 Å². The van der Waals surface area contributed by atoms with Crippen LogP contribution < -0.4 is 11.1 Å². The lowest BCUT2D eigenvalue weighted by Gasteiger charge is -2.10. The highest BCUT2D eigenvalue weighted by Crippen LogP contribution is 2.28. The van der Waals surface area contributed by atoms with Gasteiger partial charge >= 0.3 is 0 Å². The van der Waals surface area contributed by atoms with Crippen LogP contribution in [0.3, 0.4) is 0 Å². The molecule has 39 heavy (non-hydrogen) atoms. The number of imidazole rings is 1. The molecule has 0 aliphatic carbocycles. The number of nitrogens with two attached hydrogens (primary N) is 1. The molecule has 1 heterocycles. The van der Waals surface area contributed by atoms with Crippen molar-refractivity contribution in [1.29, 1.82) is 0 Å². The zero-order chi connectivity index (χ0) is 28.4. The molecule has 0 saturated heterocycles. The Bertz CT molecular complexity index is 1470. The van der Waals surface area contributed by atoms with Gasteiger partial charge in [0.1, 0.15) is 5.82 Å². The summed E-state index contributed by atoms with van der Waals surface area (Å²) in [6.45, 7) is 4.06. The zero-order valence-electron chi connectivity index (χ0n) is 21.7. The average molecular weight is 536 g/mol. The molecule has 0 saturated carbocycles. The normalized spacial score (nSPS) is 11.0. The van der Waals surface area contributed by atoms with Crippen LogP contribution in [-0.4, -0.2) is 52.3 Å². The highest BCUT2D eigenvalue weighted by molar-refractivity contribution is 5.88. The minimum Gasteiger partial charge on any atom is -0.330 e. The van der Waals surface area contributed by atoms with E-state index in [2.05, 4.69) is 22.2 Å². The predicted molar refractivity (Wildman–Crippen MR) is 150 cm³/mol. The molecule has 12 heteroatoms. The van der Waals surface area contributed by atoms with E-state index in [1.807, 2.05) is 19.2 Å². The van der Waals surface area contributed by atoms with Crippen molar-refractivity contribution >= 4 is 28.6 Å². The summed E-state index contributed by atoms with van der Waals surface area (Å²) in [5.41, 5.74) is 7.80. The molecule has 3 aromatic carbocycles. The topological polar surface area (TPSA) is 155 Å². The fourth-order valence-electron chi connectivity index (χ4n) is 3.65. The van der Waals surface area contributed by atoms with Gasteiger partial charge in [-0.2, -0.15) is 0 Å². The number of hydrogen-bond donors (Lipinski definition) is 2. The molecule has 0 amide bonds. The van der Waals surface area contributed by atoms with Gasteiger partial charge in [0, 0.05) is 36.4 Å². The van der Waals surface area contributed by atoms with E-state index in [1.54, 1.807) is 29.0 Å². The van der Waals surface area contributed by atoms with E-state index in [9.17, 15) is 24.6 Å². The fourth-order valence-corrected chi connectivity index (χ4v) is 3.65. The van der Waals surface area contributed by atoms with Crippen LogP contribution >= 0.6 is 0 Å². The highest BCUT2D eigenvalue weighted by Gasteiger charge is 2.16. The second kappa shape index (κ2) is 13.8. The van der Waals surface area contributed by atoms with Crippen LogP contribution in [0.4, 0.5) is 15.8 Å². The van der Waals surface area contributed by atoms with Gasteiger partial charge in [0.15, 0.2) is 5.82 Å². The molecule has 0 fully saturated rings. The molecule has 0 spiro atoms. The van der Waals surface area contributed by atoms with Crippen molar-refractivity contribution in [3.05, 3.63) is 98.1 Å². The molecular weight excluding hydrogens is 505 g/mol. The van der Waals surface area contributed by atoms with Gasteiger partial charge in [0.2, 0.25) is 0 Å². The Hall–Kier alpha value is -4.55. The zero-order valence-corrected chi connectivity index (χ0v) is 21.7. The van der Waals surface area contributed by atoms with Gasteiger partial charge in [-0.25, -0.2) is 9.37 Å². The van der Waals surface area contributed by atoms with Crippen molar-refractivity contribution in [1.82, 2.24) is 14.9 Å². The Kier molecular flexibility index (Phi) is 10.3. The molecule has 0 unspecified atom stereocenters. The number of aromatic nitrogens is 2. The van der Waals surface area contributed by atoms with E-state index in [4.69, 9.17) is 5.73 Å². The third-order valence-corrected chi connectivity index (χ3v) is 5.74. The van der Waals surface area contributed by atoms with Crippen molar-refractivity contribution in [3.63, 3.8) is 0 Å². The number of aliphatic imine (C=N–C) groups is 1. The number of non-ortho nitro benzene ring substituents is 2. The van der Waals surface area contributed by atoms with Gasteiger partial charge in [-0.05, 0) is 61.5 Å². The second-order valence-electron chi connectivity index (χ2n) is 8.52. The van der Waals surface area contributed by atoms with Gasteiger partial charge in [-0.15, -0.1) is 0 Å². The number of likely N-dealkylation sites (N-methyl/N-ethyl adjacent to an activating group) is 1. The SMILES string of the molecule is CCCN.CNCCN=Cc1nc2ccc(-c3ccc([N+](=O)[O-])cc3)cc2n1Cc1cc([N+](=O)[O-])ccc1F. The molecule has 3 N–H and O–H groups in total. The molecule has 0 aliphatic heterocycles. The Morgan fingerprint density at radius 2 is 1.67 bits per heavy atom. The molecular formula is C27H30FN7O4. The molecule has 0 radical (unpaired) electrons. The molecule has 11 nitrogen and oxygen atoms in total. The molecule has 4 aromatic rings. The average Bonchev–Trinajstić information content (AvgIpc) is 3.28. The van der Waals surface area contributed by atoms with Crippen LogP contribution in [0.1, 0.15) is 24.7 Å². The van der Waals surface area contributed by atoms with Crippen LogP contribution in [0.25, 0.3) is 22.2 Å². The minimum absolute atomic E-state index is 0.00110. The third kappa shape index (κ3) is 7.49. The maximum atomic E-state index is 14.6. The number of fused-ring (bicyclic) bond motifs is 1. The monoisotopic (exact) mass is 535 g/mol. The number of nitrogens with zero attached hydrogens (tertiary/aromatic N) is 5. The number of nitrogens with one attached hydrogen (secondary N) is 1. The van der Waals surface area contributed by atoms with Crippen molar-refractivity contribution in [2.45, 2.75) is 19.9 Å². The maximum Gasteiger partial charge on any atom is 0.269 e. The van der Waals surface area contributed by atoms with Crippen LogP contribution in [0.15, 0.2) is 65.7 Å². The Morgan fingerprint density at radius 1 is 1.03 bits per heavy atom.